The highest BCUT2D eigenvalue weighted by molar-refractivity contribution is 7.14. The fourth-order valence-electron chi connectivity index (χ4n) is 1.67. The molecule has 0 amide bonds. The van der Waals surface area contributed by atoms with Crippen molar-refractivity contribution >= 4 is 11.3 Å². The third kappa shape index (κ3) is 3.11. The van der Waals surface area contributed by atoms with E-state index in [2.05, 4.69) is 15.5 Å². The summed E-state index contributed by atoms with van der Waals surface area (Å²) >= 11 is 1.58. The van der Waals surface area contributed by atoms with E-state index in [1.165, 1.54) is 6.07 Å². The Kier molecular flexibility index (Phi) is 4.38. The van der Waals surface area contributed by atoms with Crippen molar-refractivity contribution in [3.8, 4) is 10.6 Å². The normalized spacial score (nSPS) is 10.8. The Morgan fingerprint density at radius 1 is 1.33 bits per heavy atom. The average molecular weight is 265 g/mol. The zero-order chi connectivity index (χ0) is 13.0. The minimum Gasteiger partial charge on any atom is -0.320 e. The SMILES string of the molecule is CNCCCc1nnc(-c2ccc(F)c(C)c2)s1. The number of rotatable bonds is 5. The van der Waals surface area contributed by atoms with Crippen molar-refractivity contribution in [1.29, 1.82) is 0 Å². The molecule has 5 heteroatoms. The van der Waals surface area contributed by atoms with Crippen molar-refractivity contribution in [2.75, 3.05) is 13.6 Å². The molecule has 0 bridgehead atoms. The molecular formula is C13H16FN3S. The van der Waals surface area contributed by atoms with Crippen molar-refractivity contribution in [2.24, 2.45) is 0 Å². The smallest absolute Gasteiger partial charge is 0.147 e. The molecular weight excluding hydrogens is 249 g/mol. The van der Waals surface area contributed by atoms with Crippen molar-refractivity contribution in [3.05, 3.63) is 34.6 Å². The van der Waals surface area contributed by atoms with Gasteiger partial charge in [0.15, 0.2) is 0 Å². The highest BCUT2D eigenvalue weighted by Crippen LogP contribution is 2.25. The summed E-state index contributed by atoms with van der Waals surface area (Å²) in [6, 6.07) is 5.04. The maximum Gasteiger partial charge on any atom is 0.147 e. The minimum absolute atomic E-state index is 0.183. The van der Waals surface area contributed by atoms with Crippen LogP contribution in [0.25, 0.3) is 10.6 Å². The third-order valence-corrected chi connectivity index (χ3v) is 3.72. The van der Waals surface area contributed by atoms with Gasteiger partial charge in [0.05, 0.1) is 0 Å². The van der Waals surface area contributed by atoms with E-state index < -0.39 is 0 Å². The Balaban J connectivity index is 2.11. The summed E-state index contributed by atoms with van der Waals surface area (Å²) < 4.78 is 13.2. The van der Waals surface area contributed by atoms with Crippen LogP contribution < -0.4 is 5.32 Å². The van der Waals surface area contributed by atoms with Gasteiger partial charge in [0.2, 0.25) is 0 Å². The Bertz CT molecular complexity index is 525. The third-order valence-electron chi connectivity index (χ3n) is 2.69. The molecule has 18 heavy (non-hydrogen) atoms. The quantitative estimate of drug-likeness (QED) is 0.845. The Labute approximate surface area is 110 Å². The monoisotopic (exact) mass is 265 g/mol. The van der Waals surface area contributed by atoms with Gasteiger partial charge in [0, 0.05) is 12.0 Å². The van der Waals surface area contributed by atoms with E-state index in [9.17, 15) is 4.39 Å². The molecule has 0 aliphatic heterocycles. The number of hydrogen-bond acceptors (Lipinski definition) is 4. The Morgan fingerprint density at radius 2 is 2.17 bits per heavy atom. The molecule has 0 atom stereocenters. The maximum atomic E-state index is 13.2. The summed E-state index contributed by atoms with van der Waals surface area (Å²) in [7, 11) is 1.94. The van der Waals surface area contributed by atoms with E-state index in [0.717, 1.165) is 35.0 Å². The van der Waals surface area contributed by atoms with E-state index in [4.69, 9.17) is 0 Å². The molecule has 1 aromatic heterocycles. The Morgan fingerprint density at radius 3 is 2.89 bits per heavy atom. The molecule has 0 aliphatic carbocycles. The maximum absolute atomic E-state index is 13.2. The second-order valence-electron chi connectivity index (χ2n) is 4.17. The predicted octanol–water partition coefficient (Wildman–Crippen LogP) is 2.80. The van der Waals surface area contributed by atoms with E-state index in [0.29, 0.717) is 5.56 Å². The van der Waals surface area contributed by atoms with Gasteiger partial charge in [-0.1, -0.05) is 11.3 Å². The number of hydrogen-bond donors (Lipinski definition) is 1. The first-order chi connectivity index (χ1) is 8.70. The summed E-state index contributed by atoms with van der Waals surface area (Å²) in [5, 5.41) is 13.3. The van der Waals surface area contributed by atoms with Crippen LogP contribution in [-0.2, 0) is 6.42 Å². The summed E-state index contributed by atoms with van der Waals surface area (Å²) in [6.07, 6.45) is 1.98. The lowest BCUT2D eigenvalue weighted by Crippen LogP contribution is -2.08. The largest absolute Gasteiger partial charge is 0.320 e. The van der Waals surface area contributed by atoms with Crippen LogP contribution in [0.1, 0.15) is 17.0 Å². The summed E-state index contributed by atoms with van der Waals surface area (Å²) in [4.78, 5) is 0. The van der Waals surface area contributed by atoms with E-state index in [-0.39, 0.29) is 5.82 Å². The molecule has 3 nitrogen and oxygen atoms in total. The molecule has 96 valence electrons. The fraction of sp³-hybridized carbons (Fsp3) is 0.385. The number of nitrogens with zero attached hydrogens (tertiary/aromatic N) is 2. The summed E-state index contributed by atoms with van der Waals surface area (Å²) in [5.74, 6) is -0.183. The molecule has 1 aromatic carbocycles. The number of benzene rings is 1. The first-order valence-electron chi connectivity index (χ1n) is 5.94. The highest BCUT2D eigenvalue weighted by Gasteiger charge is 2.08. The molecule has 2 aromatic rings. The number of halogens is 1. The lowest BCUT2D eigenvalue weighted by molar-refractivity contribution is 0.619. The molecule has 0 aliphatic rings. The molecule has 1 heterocycles. The van der Waals surface area contributed by atoms with Gasteiger partial charge in [-0.05, 0) is 50.7 Å². The van der Waals surface area contributed by atoms with Gasteiger partial charge in [-0.3, -0.25) is 0 Å². The van der Waals surface area contributed by atoms with Crippen LogP contribution in [0.15, 0.2) is 18.2 Å². The Hall–Kier alpha value is -1.33. The van der Waals surface area contributed by atoms with Crippen LogP contribution in [0.5, 0.6) is 0 Å². The van der Waals surface area contributed by atoms with Gasteiger partial charge in [-0.2, -0.15) is 0 Å². The summed E-state index contributed by atoms with van der Waals surface area (Å²) in [5.41, 5.74) is 1.57. The van der Waals surface area contributed by atoms with Gasteiger partial charge >= 0.3 is 0 Å². The van der Waals surface area contributed by atoms with Crippen LogP contribution in [0.3, 0.4) is 0 Å². The van der Waals surface area contributed by atoms with Crippen LogP contribution in [0, 0.1) is 12.7 Å². The lowest BCUT2D eigenvalue weighted by atomic mass is 10.1. The second kappa shape index (κ2) is 6.02. The van der Waals surface area contributed by atoms with Gasteiger partial charge in [0.1, 0.15) is 15.8 Å². The number of aryl methyl sites for hydroxylation is 2. The van der Waals surface area contributed by atoms with Crippen molar-refractivity contribution in [3.63, 3.8) is 0 Å². The zero-order valence-corrected chi connectivity index (χ0v) is 11.4. The first kappa shape index (κ1) is 13.1. The van der Waals surface area contributed by atoms with E-state index >= 15 is 0 Å². The molecule has 0 unspecified atom stereocenters. The van der Waals surface area contributed by atoms with Crippen LogP contribution in [-0.4, -0.2) is 23.8 Å². The molecule has 0 saturated heterocycles. The van der Waals surface area contributed by atoms with Crippen molar-refractivity contribution in [1.82, 2.24) is 15.5 Å². The van der Waals surface area contributed by atoms with Crippen molar-refractivity contribution < 1.29 is 4.39 Å². The van der Waals surface area contributed by atoms with E-state index in [1.807, 2.05) is 13.1 Å². The standard InChI is InChI=1S/C13H16FN3S/c1-9-8-10(5-6-11(9)14)13-17-16-12(18-13)4-3-7-15-2/h5-6,8,15H,3-4,7H2,1-2H3. The summed E-state index contributed by atoms with van der Waals surface area (Å²) in [6.45, 7) is 2.73. The van der Waals surface area contributed by atoms with Gasteiger partial charge < -0.3 is 5.32 Å². The van der Waals surface area contributed by atoms with Crippen LogP contribution >= 0.6 is 11.3 Å². The van der Waals surface area contributed by atoms with Crippen molar-refractivity contribution in [2.45, 2.75) is 19.8 Å². The first-order valence-corrected chi connectivity index (χ1v) is 6.76. The van der Waals surface area contributed by atoms with E-state index in [1.54, 1.807) is 24.3 Å². The predicted molar refractivity (Wildman–Crippen MR) is 72.3 cm³/mol. The van der Waals surface area contributed by atoms with Gasteiger partial charge in [-0.25, -0.2) is 4.39 Å². The topological polar surface area (TPSA) is 37.8 Å². The van der Waals surface area contributed by atoms with Crippen LogP contribution in [0.4, 0.5) is 4.39 Å². The zero-order valence-electron chi connectivity index (χ0n) is 10.5. The molecule has 0 fully saturated rings. The second-order valence-corrected chi connectivity index (χ2v) is 5.23. The average Bonchev–Trinajstić information content (AvgIpc) is 2.82. The molecule has 0 spiro atoms. The molecule has 2 rings (SSSR count). The number of aromatic nitrogens is 2. The van der Waals surface area contributed by atoms with Crippen LogP contribution in [0.2, 0.25) is 0 Å². The van der Waals surface area contributed by atoms with Gasteiger partial charge in [0.25, 0.3) is 0 Å². The minimum atomic E-state index is -0.183. The fourth-order valence-corrected chi connectivity index (χ4v) is 2.54. The highest BCUT2D eigenvalue weighted by atomic mass is 32.1. The van der Waals surface area contributed by atoms with Gasteiger partial charge in [-0.15, -0.1) is 10.2 Å². The number of nitrogens with one attached hydrogen (secondary N) is 1. The molecule has 1 N–H and O–H groups in total. The lowest BCUT2D eigenvalue weighted by Gasteiger charge is -1.98. The molecule has 0 radical (unpaired) electrons. The molecule has 0 saturated carbocycles.